The molecule has 3 N–H and O–H groups in total. The number of hydrogen-bond donors (Lipinski definition) is 2. The first-order valence-corrected chi connectivity index (χ1v) is 6.07. The van der Waals surface area contributed by atoms with Crippen LogP contribution in [0.25, 0.3) is 0 Å². The molecule has 0 fully saturated rings. The molecule has 0 unspecified atom stereocenters. The van der Waals surface area contributed by atoms with Crippen LogP contribution in [0.4, 0.5) is 10.1 Å². The lowest BCUT2D eigenvalue weighted by Crippen LogP contribution is -2.37. The van der Waals surface area contributed by atoms with E-state index >= 15 is 0 Å². The molecular weight excluding hydrogens is 233 g/mol. The van der Waals surface area contributed by atoms with Gasteiger partial charge in [0.2, 0.25) is 5.91 Å². The highest BCUT2D eigenvalue weighted by atomic mass is 19.1. The molecule has 0 aromatic heterocycles. The van der Waals surface area contributed by atoms with Gasteiger partial charge in [-0.05, 0) is 18.1 Å². The minimum absolute atomic E-state index is 0.137. The van der Waals surface area contributed by atoms with Gasteiger partial charge in [0.1, 0.15) is 5.82 Å². The molecule has 0 bridgehead atoms. The molecule has 4 nitrogen and oxygen atoms in total. The quantitative estimate of drug-likeness (QED) is 0.802. The van der Waals surface area contributed by atoms with Crippen molar-refractivity contribution in [2.24, 2.45) is 5.73 Å². The van der Waals surface area contributed by atoms with Gasteiger partial charge in [0.05, 0.1) is 12.2 Å². The molecule has 1 amide bonds. The van der Waals surface area contributed by atoms with Crippen LogP contribution in [0.15, 0.2) is 18.2 Å². The normalized spacial score (nSPS) is 10.2. The fourth-order valence-corrected chi connectivity index (χ4v) is 1.87. The summed E-state index contributed by atoms with van der Waals surface area (Å²) >= 11 is 0. The van der Waals surface area contributed by atoms with Crippen LogP contribution >= 0.6 is 0 Å². The predicted molar refractivity (Wildman–Crippen MR) is 70.9 cm³/mol. The summed E-state index contributed by atoms with van der Waals surface area (Å²) in [6.45, 7) is 2.99. The van der Waals surface area contributed by atoms with Crippen LogP contribution in [-0.4, -0.2) is 26.0 Å². The van der Waals surface area contributed by atoms with E-state index in [4.69, 9.17) is 5.73 Å². The average molecular weight is 253 g/mol. The molecule has 0 heterocycles. The maximum absolute atomic E-state index is 13.9. The Morgan fingerprint density at radius 1 is 1.50 bits per heavy atom. The van der Waals surface area contributed by atoms with Crippen LogP contribution in [-0.2, 0) is 11.3 Å². The van der Waals surface area contributed by atoms with Crippen LogP contribution in [0.5, 0.6) is 0 Å². The number of nitrogens with two attached hydrogens (primary N) is 1. The van der Waals surface area contributed by atoms with Crippen LogP contribution in [0, 0.1) is 5.82 Å². The maximum atomic E-state index is 13.9. The number of likely N-dealkylation sites (N-methyl/N-ethyl adjacent to an activating group) is 1. The van der Waals surface area contributed by atoms with E-state index in [1.807, 2.05) is 6.92 Å². The first-order valence-electron chi connectivity index (χ1n) is 6.07. The van der Waals surface area contributed by atoms with Crippen molar-refractivity contribution in [2.75, 3.05) is 25.0 Å². The second-order valence-corrected chi connectivity index (χ2v) is 4.05. The number of hydrogen-bond acceptors (Lipinski definition) is 3. The SMILES string of the molecule is CCCN(CC(=O)NC)c1c(F)cccc1CN. The number of nitrogens with zero attached hydrogens (tertiary/aromatic N) is 1. The van der Waals surface area contributed by atoms with Crippen LogP contribution in [0.3, 0.4) is 0 Å². The Morgan fingerprint density at radius 2 is 2.22 bits per heavy atom. The van der Waals surface area contributed by atoms with Gasteiger partial charge in [-0.2, -0.15) is 0 Å². The fourth-order valence-electron chi connectivity index (χ4n) is 1.87. The summed E-state index contributed by atoms with van der Waals surface area (Å²) < 4.78 is 13.9. The molecule has 0 aliphatic carbocycles. The van der Waals surface area contributed by atoms with E-state index in [9.17, 15) is 9.18 Å². The van der Waals surface area contributed by atoms with Gasteiger partial charge in [-0.15, -0.1) is 0 Å². The molecule has 18 heavy (non-hydrogen) atoms. The fraction of sp³-hybridized carbons (Fsp3) is 0.462. The molecule has 0 atom stereocenters. The van der Waals surface area contributed by atoms with E-state index in [2.05, 4.69) is 5.32 Å². The minimum atomic E-state index is -0.338. The average Bonchev–Trinajstić information content (AvgIpc) is 2.37. The number of carbonyl (C=O) groups excluding carboxylic acids is 1. The summed E-state index contributed by atoms with van der Waals surface area (Å²) in [5.74, 6) is -0.482. The van der Waals surface area contributed by atoms with Gasteiger partial charge in [0.25, 0.3) is 0 Å². The number of benzene rings is 1. The lowest BCUT2D eigenvalue weighted by atomic mass is 10.1. The number of amides is 1. The second-order valence-electron chi connectivity index (χ2n) is 4.05. The molecule has 5 heteroatoms. The minimum Gasteiger partial charge on any atom is -0.360 e. The van der Waals surface area contributed by atoms with E-state index in [1.54, 1.807) is 24.1 Å². The molecular formula is C13H20FN3O. The van der Waals surface area contributed by atoms with Gasteiger partial charge in [0, 0.05) is 20.1 Å². The van der Waals surface area contributed by atoms with Gasteiger partial charge in [-0.25, -0.2) is 4.39 Å². The van der Waals surface area contributed by atoms with Crippen molar-refractivity contribution in [1.29, 1.82) is 0 Å². The zero-order valence-corrected chi connectivity index (χ0v) is 10.9. The maximum Gasteiger partial charge on any atom is 0.239 e. The van der Waals surface area contributed by atoms with Gasteiger partial charge >= 0.3 is 0 Å². The Kier molecular flexibility index (Phi) is 5.58. The van der Waals surface area contributed by atoms with Crippen molar-refractivity contribution in [3.63, 3.8) is 0 Å². The number of para-hydroxylation sites is 1. The number of rotatable bonds is 6. The number of anilines is 1. The van der Waals surface area contributed by atoms with Crippen molar-refractivity contribution >= 4 is 11.6 Å². The van der Waals surface area contributed by atoms with Gasteiger partial charge < -0.3 is 16.0 Å². The smallest absolute Gasteiger partial charge is 0.239 e. The van der Waals surface area contributed by atoms with Crippen molar-refractivity contribution in [1.82, 2.24) is 5.32 Å². The highest BCUT2D eigenvalue weighted by molar-refractivity contribution is 5.81. The Morgan fingerprint density at radius 3 is 2.78 bits per heavy atom. The molecule has 1 aromatic carbocycles. The van der Waals surface area contributed by atoms with Crippen LogP contribution in [0.1, 0.15) is 18.9 Å². The zero-order valence-electron chi connectivity index (χ0n) is 10.9. The predicted octanol–water partition coefficient (Wildman–Crippen LogP) is 1.25. The van der Waals surface area contributed by atoms with Crippen molar-refractivity contribution in [3.05, 3.63) is 29.6 Å². The van der Waals surface area contributed by atoms with E-state index in [-0.39, 0.29) is 24.8 Å². The van der Waals surface area contributed by atoms with Gasteiger partial charge in [0.15, 0.2) is 0 Å². The third-order valence-corrected chi connectivity index (χ3v) is 2.71. The zero-order chi connectivity index (χ0) is 13.5. The second kappa shape index (κ2) is 6.96. The monoisotopic (exact) mass is 253 g/mol. The van der Waals surface area contributed by atoms with Crippen molar-refractivity contribution in [3.8, 4) is 0 Å². The third kappa shape index (κ3) is 3.43. The van der Waals surface area contributed by atoms with E-state index in [0.717, 1.165) is 6.42 Å². The summed E-state index contributed by atoms with van der Waals surface area (Å²) in [5.41, 5.74) is 6.77. The van der Waals surface area contributed by atoms with Crippen molar-refractivity contribution in [2.45, 2.75) is 19.9 Å². The number of carbonyl (C=O) groups is 1. The largest absolute Gasteiger partial charge is 0.360 e. The highest BCUT2D eigenvalue weighted by Crippen LogP contribution is 2.24. The lowest BCUT2D eigenvalue weighted by molar-refractivity contribution is -0.119. The van der Waals surface area contributed by atoms with Gasteiger partial charge in [-0.3, -0.25) is 4.79 Å². The Bertz CT molecular complexity index is 409. The summed E-state index contributed by atoms with van der Waals surface area (Å²) in [7, 11) is 1.57. The molecule has 1 rings (SSSR count). The topological polar surface area (TPSA) is 58.4 Å². The first-order chi connectivity index (χ1) is 8.63. The van der Waals surface area contributed by atoms with E-state index in [0.29, 0.717) is 17.8 Å². The van der Waals surface area contributed by atoms with Crippen LogP contribution < -0.4 is 16.0 Å². The number of halogens is 1. The molecule has 0 aliphatic rings. The Labute approximate surface area is 107 Å². The molecule has 1 aromatic rings. The Balaban J connectivity index is 3.07. The number of nitrogens with one attached hydrogen (secondary N) is 1. The van der Waals surface area contributed by atoms with Crippen LogP contribution in [0.2, 0.25) is 0 Å². The third-order valence-electron chi connectivity index (χ3n) is 2.71. The summed E-state index contributed by atoms with van der Waals surface area (Å²) in [5, 5.41) is 2.55. The summed E-state index contributed by atoms with van der Waals surface area (Å²) in [4.78, 5) is 13.2. The molecule has 0 spiro atoms. The molecule has 0 saturated heterocycles. The first kappa shape index (κ1) is 14.4. The van der Waals surface area contributed by atoms with Gasteiger partial charge in [-0.1, -0.05) is 19.1 Å². The Hall–Kier alpha value is -1.62. The van der Waals surface area contributed by atoms with E-state index < -0.39 is 0 Å². The lowest BCUT2D eigenvalue weighted by Gasteiger charge is -2.26. The molecule has 0 radical (unpaired) electrons. The highest BCUT2D eigenvalue weighted by Gasteiger charge is 2.17. The molecule has 100 valence electrons. The van der Waals surface area contributed by atoms with Crippen molar-refractivity contribution < 1.29 is 9.18 Å². The molecule has 0 saturated carbocycles. The standard InChI is InChI=1S/C13H20FN3O/c1-3-7-17(9-12(18)16-2)13-10(8-15)5-4-6-11(13)14/h4-6H,3,7-9,15H2,1-2H3,(H,16,18). The van der Waals surface area contributed by atoms with E-state index in [1.165, 1.54) is 6.07 Å². The summed E-state index contributed by atoms with van der Waals surface area (Å²) in [6.07, 6.45) is 0.829. The summed E-state index contributed by atoms with van der Waals surface area (Å²) in [6, 6.07) is 4.80. The molecule has 0 aliphatic heterocycles.